The fourth-order valence-electron chi connectivity index (χ4n) is 4.18. The monoisotopic (exact) mass is 452 g/mol. The lowest BCUT2D eigenvalue weighted by Crippen LogP contribution is -2.57. The second-order valence-electron chi connectivity index (χ2n) is 7.19. The quantitative estimate of drug-likeness (QED) is 0.401. The van der Waals surface area contributed by atoms with Crippen LogP contribution in [-0.2, 0) is 9.47 Å². The van der Waals surface area contributed by atoms with Gasteiger partial charge in [0.1, 0.15) is 0 Å². The second-order valence-corrected chi connectivity index (χ2v) is 7.19. The Hall–Kier alpha value is -0.120. The van der Waals surface area contributed by atoms with Crippen LogP contribution < -0.4 is 5.73 Å². The summed E-state index contributed by atoms with van der Waals surface area (Å²) in [6.07, 6.45) is 6.68. The third kappa shape index (κ3) is 4.95. The molecule has 0 aromatic heterocycles. The molecule has 0 bridgehead atoms. The van der Waals surface area contributed by atoms with Crippen LogP contribution in [0.25, 0.3) is 0 Å². The van der Waals surface area contributed by atoms with Crippen LogP contribution in [0, 0.1) is 0 Å². The molecule has 3 fully saturated rings. The number of nitrogens with two attached hydrogens (primary N) is 1. The van der Waals surface area contributed by atoms with Crippen molar-refractivity contribution in [3.05, 3.63) is 0 Å². The molecule has 0 amide bonds. The van der Waals surface area contributed by atoms with E-state index in [-0.39, 0.29) is 35.6 Å². The summed E-state index contributed by atoms with van der Waals surface area (Å²) in [4.78, 5) is 9.63. The molecular weight excluding hydrogens is 419 g/mol. The van der Waals surface area contributed by atoms with Crippen molar-refractivity contribution in [3.63, 3.8) is 0 Å². The summed E-state index contributed by atoms with van der Waals surface area (Å²) < 4.78 is 11.1. The Bertz CT molecular complexity index is 409. The first-order valence-corrected chi connectivity index (χ1v) is 9.19. The van der Waals surface area contributed by atoms with E-state index in [2.05, 4.69) is 16.7 Å². The van der Waals surface area contributed by atoms with Crippen molar-refractivity contribution in [2.24, 2.45) is 10.7 Å². The number of morpholine rings is 2. The van der Waals surface area contributed by atoms with Crippen LogP contribution >= 0.6 is 24.0 Å². The summed E-state index contributed by atoms with van der Waals surface area (Å²) in [6.45, 7) is 9.12. The number of guanidine groups is 1. The maximum absolute atomic E-state index is 6.29. The minimum Gasteiger partial charge on any atom is -0.379 e. The molecule has 0 spiro atoms. The van der Waals surface area contributed by atoms with Crippen molar-refractivity contribution in [1.29, 1.82) is 0 Å². The Balaban J connectivity index is 0.00000208. The van der Waals surface area contributed by atoms with Crippen LogP contribution in [0.15, 0.2) is 4.99 Å². The van der Waals surface area contributed by atoms with Gasteiger partial charge in [-0.3, -0.25) is 9.89 Å². The first-order chi connectivity index (χ1) is 11.2. The number of hydrogen-bond acceptors (Lipinski definition) is 4. The summed E-state index contributed by atoms with van der Waals surface area (Å²) in [5.41, 5.74) is 6.49. The molecule has 3 rings (SSSR count). The number of ether oxygens (including phenoxy) is 2. The first-order valence-electron chi connectivity index (χ1n) is 9.19. The maximum atomic E-state index is 6.29. The van der Waals surface area contributed by atoms with Gasteiger partial charge in [0, 0.05) is 31.7 Å². The SMILES string of the molecule is CC1CN(C(N)=NCC2(N3CCOCC3)CCCCC2)CCO1.I. The van der Waals surface area contributed by atoms with Gasteiger partial charge in [0.05, 0.1) is 32.5 Å². The fraction of sp³-hybridized carbons (Fsp3) is 0.941. The predicted molar refractivity (Wildman–Crippen MR) is 107 cm³/mol. The highest BCUT2D eigenvalue weighted by atomic mass is 127. The van der Waals surface area contributed by atoms with E-state index in [1.54, 1.807) is 0 Å². The molecule has 2 saturated heterocycles. The maximum Gasteiger partial charge on any atom is 0.191 e. The lowest BCUT2D eigenvalue weighted by atomic mass is 9.80. The molecule has 2 N–H and O–H groups in total. The minimum atomic E-state index is 0. The lowest BCUT2D eigenvalue weighted by molar-refractivity contribution is -0.0336. The summed E-state index contributed by atoms with van der Waals surface area (Å²) in [7, 11) is 0. The Labute approximate surface area is 163 Å². The topological polar surface area (TPSA) is 63.3 Å². The van der Waals surface area contributed by atoms with Crippen LogP contribution in [0.3, 0.4) is 0 Å². The van der Waals surface area contributed by atoms with Crippen LogP contribution in [0.5, 0.6) is 0 Å². The third-order valence-electron chi connectivity index (χ3n) is 5.57. The van der Waals surface area contributed by atoms with Gasteiger partial charge in [-0.2, -0.15) is 0 Å². The zero-order valence-corrected chi connectivity index (χ0v) is 17.2. The van der Waals surface area contributed by atoms with Crippen molar-refractivity contribution < 1.29 is 9.47 Å². The summed E-state index contributed by atoms with van der Waals surface area (Å²) in [5, 5.41) is 0. The van der Waals surface area contributed by atoms with Crippen molar-refractivity contribution in [3.8, 4) is 0 Å². The average molecular weight is 452 g/mol. The normalized spacial score (nSPS) is 29.1. The second kappa shape index (κ2) is 9.54. The minimum absolute atomic E-state index is 0. The molecule has 7 heteroatoms. The average Bonchev–Trinajstić information content (AvgIpc) is 2.61. The Morgan fingerprint density at radius 2 is 1.83 bits per heavy atom. The van der Waals surface area contributed by atoms with Crippen molar-refractivity contribution in [2.45, 2.75) is 50.7 Å². The predicted octanol–water partition coefficient (Wildman–Crippen LogP) is 1.67. The largest absolute Gasteiger partial charge is 0.379 e. The zero-order valence-electron chi connectivity index (χ0n) is 14.9. The number of aliphatic imine (C=N–C) groups is 1. The number of halogens is 1. The van der Waals surface area contributed by atoms with Gasteiger partial charge in [-0.05, 0) is 19.8 Å². The van der Waals surface area contributed by atoms with Crippen LogP contribution in [0.1, 0.15) is 39.0 Å². The summed E-state index contributed by atoms with van der Waals surface area (Å²) >= 11 is 0. The fourth-order valence-corrected chi connectivity index (χ4v) is 4.18. The highest BCUT2D eigenvalue weighted by Gasteiger charge is 2.38. The molecule has 1 atom stereocenters. The van der Waals surface area contributed by atoms with Gasteiger partial charge in [0.2, 0.25) is 0 Å². The van der Waals surface area contributed by atoms with Crippen LogP contribution in [0.2, 0.25) is 0 Å². The molecule has 0 aromatic rings. The molecule has 0 radical (unpaired) electrons. The summed E-state index contributed by atoms with van der Waals surface area (Å²) in [5.74, 6) is 0.693. The van der Waals surface area contributed by atoms with E-state index in [1.807, 2.05) is 0 Å². The van der Waals surface area contributed by atoms with Crippen molar-refractivity contribution in [1.82, 2.24) is 9.80 Å². The number of hydrogen-bond donors (Lipinski definition) is 1. The van der Waals surface area contributed by atoms with Gasteiger partial charge in [0.25, 0.3) is 0 Å². The Morgan fingerprint density at radius 3 is 2.50 bits per heavy atom. The van der Waals surface area contributed by atoms with Crippen molar-refractivity contribution in [2.75, 3.05) is 52.5 Å². The van der Waals surface area contributed by atoms with E-state index >= 15 is 0 Å². The van der Waals surface area contributed by atoms with Crippen LogP contribution in [0.4, 0.5) is 0 Å². The van der Waals surface area contributed by atoms with E-state index in [4.69, 9.17) is 20.2 Å². The number of nitrogens with zero attached hydrogens (tertiary/aromatic N) is 3. The molecule has 1 aliphatic carbocycles. The highest BCUT2D eigenvalue weighted by molar-refractivity contribution is 14.0. The standard InChI is InChI=1S/C17H32N4O2.HI/c1-15-13-20(7-12-23-15)16(18)19-14-17(5-3-2-4-6-17)21-8-10-22-11-9-21;/h15H,2-14H2,1H3,(H2,18,19);1H. The van der Waals surface area contributed by atoms with Gasteiger partial charge < -0.3 is 20.1 Å². The van der Waals surface area contributed by atoms with Gasteiger partial charge in [-0.15, -0.1) is 24.0 Å². The van der Waals surface area contributed by atoms with E-state index in [1.165, 1.54) is 32.1 Å². The molecule has 1 saturated carbocycles. The molecule has 0 aromatic carbocycles. The van der Waals surface area contributed by atoms with Gasteiger partial charge in [-0.25, -0.2) is 0 Å². The molecule has 2 aliphatic heterocycles. The molecule has 1 unspecified atom stereocenters. The molecule has 24 heavy (non-hydrogen) atoms. The van der Waals surface area contributed by atoms with E-state index in [0.29, 0.717) is 5.96 Å². The molecule has 3 aliphatic rings. The smallest absolute Gasteiger partial charge is 0.191 e. The van der Waals surface area contributed by atoms with Gasteiger partial charge in [0.15, 0.2) is 5.96 Å². The van der Waals surface area contributed by atoms with Crippen LogP contribution in [-0.4, -0.2) is 79.9 Å². The van der Waals surface area contributed by atoms with E-state index in [9.17, 15) is 0 Å². The van der Waals surface area contributed by atoms with Crippen molar-refractivity contribution >= 4 is 29.9 Å². The zero-order chi connectivity index (χ0) is 16.1. The molecule has 2 heterocycles. The number of rotatable bonds is 3. The van der Waals surface area contributed by atoms with Gasteiger partial charge in [-0.1, -0.05) is 19.3 Å². The Morgan fingerprint density at radius 1 is 1.12 bits per heavy atom. The molecular formula is C17H33IN4O2. The van der Waals surface area contributed by atoms with E-state index in [0.717, 1.165) is 52.5 Å². The third-order valence-corrected chi connectivity index (χ3v) is 5.57. The summed E-state index contributed by atoms with van der Waals surface area (Å²) in [6, 6.07) is 0. The van der Waals surface area contributed by atoms with E-state index < -0.39 is 0 Å². The Kier molecular flexibility index (Phi) is 8.03. The highest BCUT2D eigenvalue weighted by Crippen LogP contribution is 2.34. The van der Waals surface area contributed by atoms with Gasteiger partial charge >= 0.3 is 0 Å². The first kappa shape index (κ1) is 20.2. The molecule has 140 valence electrons. The lowest BCUT2D eigenvalue weighted by Gasteiger charge is -2.47. The molecule has 6 nitrogen and oxygen atoms in total.